The first-order valence-electron chi connectivity index (χ1n) is 7.58. The first-order valence-corrected chi connectivity index (χ1v) is 7.58. The van der Waals surface area contributed by atoms with E-state index in [1.807, 2.05) is 0 Å². The molecule has 108 valence electrons. The van der Waals surface area contributed by atoms with Crippen molar-refractivity contribution in [1.82, 2.24) is 0 Å². The summed E-state index contributed by atoms with van der Waals surface area (Å²) in [6.45, 7) is 4.57. The largest absolute Gasteiger partial charge is 0.497 e. The molecule has 0 amide bonds. The molecule has 0 bridgehead atoms. The third-order valence-corrected chi connectivity index (χ3v) is 5.61. The van der Waals surface area contributed by atoms with E-state index in [2.05, 4.69) is 62.2 Å². The van der Waals surface area contributed by atoms with Crippen LogP contribution in [0.25, 0.3) is 0 Å². The van der Waals surface area contributed by atoms with Crippen LogP contribution in [0.5, 0.6) is 5.75 Å². The van der Waals surface area contributed by atoms with Crippen molar-refractivity contribution in [3.8, 4) is 5.75 Å². The molecule has 2 aromatic rings. The highest BCUT2D eigenvalue weighted by molar-refractivity contribution is 5.73. The van der Waals surface area contributed by atoms with Gasteiger partial charge in [0.25, 0.3) is 0 Å². The molecule has 2 aliphatic rings. The van der Waals surface area contributed by atoms with E-state index in [1.54, 1.807) is 7.11 Å². The van der Waals surface area contributed by atoms with Crippen LogP contribution in [0.15, 0.2) is 36.4 Å². The summed E-state index contributed by atoms with van der Waals surface area (Å²) in [6.07, 6.45) is 1.12. The monoisotopic (exact) mass is 279 g/mol. The Balaban J connectivity index is 1.96. The zero-order chi connectivity index (χ0) is 14.8. The van der Waals surface area contributed by atoms with E-state index in [1.165, 1.54) is 27.9 Å². The summed E-state index contributed by atoms with van der Waals surface area (Å²) >= 11 is 0. The van der Waals surface area contributed by atoms with Gasteiger partial charge in [-0.2, -0.15) is 0 Å². The predicted molar refractivity (Wildman–Crippen MR) is 86.4 cm³/mol. The van der Waals surface area contributed by atoms with Crippen LogP contribution in [0.2, 0.25) is 0 Å². The molecule has 1 heterocycles. The molecule has 2 unspecified atom stereocenters. The van der Waals surface area contributed by atoms with E-state index in [-0.39, 0.29) is 5.54 Å². The molecular formula is C19H21NO. The molecule has 21 heavy (non-hydrogen) atoms. The number of hydrogen-bond donors (Lipinski definition) is 0. The van der Waals surface area contributed by atoms with Gasteiger partial charge in [0.2, 0.25) is 0 Å². The van der Waals surface area contributed by atoms with E-state index >= 15 is 0 Å². The van der Waals surface area contributed by atoms with Crippen LogP contribution >= 0.6 is 0 Å². The highest BCUT2D eigenvalue weighted by Crippen LogP contribution is 2.59. The number of benzene rings is 2. The van der Waals surface area contributed by atoms with Gasteiger partial charge < -0.3 is 9.64 Å². The highest BCUT2D eigenvalue weighted by atomic mass is 16.5. The van der Waals surface area contributed by atoms with Gasteiger partial charge in [0.1, 0.15) is 5.75 Å². The van der Waals surface area contributed by atoms with Crippen molar-refractivity contribution >= 4 is 5.69 Å². The number of anilines is 1. The van der Waals surface area contributed by atoms with Gasteiger partial charge >= 0.3 is 0 Å². The van der Waals surface area contributed by atoms with Crippen LogP contribution in [0.1, 0.15) is 35.1 Å². The van der Waals surface area contributed by atoms with E-state index in [0.29, 0.717) is 5.92 Å². The molecule has 2 heteroatoms. The third-order valence-electron chi connectivity index (χ3n) is 5.61. The minimum absolute atomic E-state index is 0.0655. The quantitative estimate of drug-likeness (QED) is 0.782. The fraction of sp³-hybridized carbons (Fsp3) is 0.368. The van der Waals surface area contributed by atoms with Gasteiger partial charge in [0.15, 0.2) is 0 Å². The second-order valence-corrected chi connectivity index (χ2v) is 6.50. The molecule has 0 spiro atoms. The lowest BCUT2D eigenvalue weighted by molar-refractivity contribution is 0.411. The van der Waals surface area contributed by atoms with E-state index in [0.717, 1.165) is 12.2 Å². The van der Waals surface area contributed by atoms with Gasteiger partial charge in [0, 0.05) is 18.7 Å². The van der Waals surface area contributed by atoms with Crippen molar-refractivity contribution in [2.45, 2.75) is 31.7 Å². The van der Waals surface area contributed by atoms with Crippen molar-refractivity contribution in [3.63, 3.8) is 0 Å². The molecule has 0 saturated heterocycles. The number of ether oxygens (including phenoxy) is 1. The number of fused-ring (bicyclic) bond motifs is 5. The minimum atomic E-state index is 0.0655. The van der Waals surface area contributed by atoms with Gasteiger partial charge in [-0.05, 0) is 54.7 Å². The zero-order valence-electron chi connectivity index (χ0n) is 13.1. The van der Waals surface area contributed by atoms with Crippen molar-refractivity contribution < 1.29 is 4.74 Å². The number of hydrogen-bond acceptors (Lipinski definition) is 2. The molecule has 2 nitrogen and oxygen atoms in total. The first kappa shape index (κ1) is 12.8. The number of nitrogens with zero attached hydrogens (tertiary/aromatic N) is 1. The van der Waals surface area contributed by atoms with Crippen molar-refractivity contribution in [2.24, 2.45) is 0 Å². The van der Waals surface area contributed by atoms with Crippen molar-refractivity contribution in [3.05, 3.63) is 58.7 Å². The standard InChI is InChI=1S/C19H21NO/c1-12-9-14(21-4)11-15-17-10-13-7-5-6-8-16(13)19(17,2)20(3)18(12)15/h5-9,11,17H,10H2,1-4H3. The number of likely N-dealkylation sites (N-methyl/N-ethyl adjacent to an activating group) is 1. The van der Waals surface area contributed by atoms with Crippen LogP contribution in [-0.2, 0) is 12.0 Å². The summed E-state index contributed by atoms with van der Waals surface area (Å²) in [5, 5.41) is 0. The van der Waals surface area contributed by atoms with Crippen LogP contribution in [-0.4, -0.2) is 14.2 Å². The van der Waals surface area contributed by atoms with Crippen LogP contribution in [0.4, 0.5) is 5.69 Å². The Hall–Kier alpha value is -1.96. The number of aryl methyl sites for hydroxylation is 1. The SMILES string of the molecule is COc1cc(C)c2c(c1)C1Cc3ccccc3C1(C)N2C. The number of rotatable bonds is 1. The molecule has 0 fully saturated rings. The first-order chi connectivity index (χ1) is 10.1. The van der Waals surface area contributed by atoms with Gasteiger partial charge in [-0.15, -0.1) is 0 Å². The van der Waals surface area contributed by atoms with Crippen molar-refractivity contribution in [2.75, 3.05) is 19.1 Å². The van der Waals surface area contributed by atoms with Gasteiger partial charge in [-0.3, -0.25) is 0 Å². The molecule has 0 radical (unpaired) electrons. The fourth-order valence-corrected chi connectivity index (χ4v) is 4.47. The predicted octanol–water partition coefficient (Wildman–Crippen LogP) is 4.01. The summed E-state index contributed by atoms with van der Waals surface area (Å²) in [6, 6.07) is 13.3. The Kier molecular flexibility index (Phi) is 2.45. The minimum Gasteiger partial charge on any atom is -0.497 e. The average Bonchev–Trinajstić information content (AvgIpc) is 2.90. The average molecular weight is 279 g/mol. The van der Waals surface area contributed by atoms with Gasteiger partial charge in [-0.25, -0.2) is 0 Å². The maximum absolute atomic E-state index is 5.50. The van der Waals surface area contributed by atoms with E-state index in [9.17, 15) is 0 Å². The molecule has 1 aliphatic heterocycles. The molecule has 0 aromatic heterocycles. The van der Waals surface area contributed by atoms with Gasteiger partial charge in [0.05, 0.1) is 12.6 Å². The lowest BCUT2D eigenvalue weighted by atomic mass is 9.84. The molecular weight excluding hydrogens is 258 g/mol. The van der Waals surface area contributed by atoms with E-state index < -0.39 is 0 Å². The summed E-state index contributed by atoms with van der Waals surface area (Å²) < 4.78 is 5.50. The molecule has 2 atom stereocenters. The summed E-state index contributed by atoms with van der Waals surface area (Å²) in [4.78, 5) is 2.48. The molecule has 0 N–H and O–H groups in total. The summed E-state index contributed by atoms with van der Waals surface area (Å²) in [7, 11) is 3.99. The van der Waals surface area contributed by atoms with Crippen LogP contribution < -0.4 is 9.64 Å². The van der Waals surface area contributed by atoms with E-state index in [4.69, 9.17) is 4.74 Å². The Morgan fingerprint density at radius 1 is 1.24 bits per heavy atom. The van der Waals surface area contributed by atoms with Crippen LogP contribution in [0.3, 0.4) is 0 Å². The summed E-state index contributed by atoms with van der Waals surface area (Å²) in [5.41, 5.74) is 7.16. The maximum Gasteiger partial charge on any atom is 0.119 e. The Morgan fingerprint density at radius 3 is 2.76 bits per heavy atom. The lowest BCUT2D eigenvalue weighted by Gasteiger charge is -2.36. The lowest BCUT2D eigenvalue weighted by Crippen LogP contribution is -2.38. The second-order valence-electron chi connectivity index (χ2n) is 6.50. The van der Waals surface area contributed by atoms with Crippen LogP contribution in [0, 0.1) is 6.92 Å². The molecule has 2 aromatic carbocycles. The Labute approximate surface area is 126 Å². The van der Waals surface area contributed by atoms with Crippen molar-refractivity contribution in [1.29, 1.82) is 0 Å². The third kappa shape index (κ3) is 1.43. The molecule has 0 saturated carbocycles. The smallest absolute Gasteiger partial charge is 0.119 e. The zero-order valence-corrected chi connectivity index (χ0v) is 13.1. The Bertz CT molecular complexity index is 736. The Morgan fingerprint density at radius 2 is 2.00 bits per heavy atom. The normalized spacial score (nSPS) is 25.5. The van der Waals surface area contributed by atoms with Gasteiger partial charge in [-0.1, -0.05) is 24.3 Å². The maximum atomic E-state index is 5.50. The second kappa shape index (κ2) is 4.03. The fourth-order valence-electron chi connectivity index (χ4n) is 4.47. The molecule has 1 aliphatic carbocycles. The molecule has 4 rings (SSSR count). The topological polar surface area (TPSA) is 12.5 Å². The highest BCUT2D eigenvalue weighted by Gasteiger charge is 2.52. The summed E-state index contributed by atoms with van der Waals surface area (Å²) in [5.74, 6) is 1.49. The number of methoxy groups -OCH3 is 1.